The number of ether oxygens (including phenoxy) is 2. The highest BCUT2D eigenvalue weighted by Gasteiger charge is 2.39. The lowest BCUT2D eigenvalue weighted by molar-refractivity contribution is -0.124. The van der Waals surface area contributed by atoms with E-state index < -0.39 is 35.3 Å². The van der Waals surface area contributed by atoms with E-state index in [-0.39, 0.29) is 59.6 Å². The number of likely N-dealkylation sites (tertiary alicyclic amines) is 1. The van der Waals surface area contributed by atoms with Crippen molar-refractivity contribution in [2.24, 2.45) is 16.8 Å². The fourth-order valence-electron chi connectivity index (χ4n) is 6.18. The maximum absolute atomic E-state index is 13.8. The van der Waals surface area contributed by atoms with Gasteiger partial charge in [0.2, 0.25) is 11.9 Å². The highest BCUT2D eigenvalue weighted by atomic mass is 35.5. The van der Waals surface area contributed by atoms with Crippen LogP contribution in [0.4, 0.5) is 9.59 Å². The van der Waals surface area contributed by atoms with Crippen LogP contribution in [0.25, 0.3) is 5.65 Å². The average molecular weight is 815 g/mol. The van der Waals surface area contributed by atoms with Crippen LogP contribution in [0.3, 0.4) is 0 Å². The van der Waals surface area contributed by atoms with Crippen molar-refractivity contribution in [3.8, 4) is 0 Å². The van der Waals surface area contributed by atoms with Crippen LogP contribution in [-0.4, -0.2) is 92.1 Å². The Morgan fingerprint density at radius 2 is 1.62 bits per heavy atom. The number of aromatic nitrogens is 3. The fraction of sp³-hybridized carbons (Fsp3) is 0.553. The maximum Gasteiger partial charge on any atom is 0.414 e. The number of aliphatic imine (C=N–C) groups is 1. The summed E-state index contributed by atoms with van der Waals surface area (Å²) >= 11 is 7.38. The molecular formula is C38H51ClN8O8S. The Hall–Kier alpha value is -4.90. The molecule has 3 aromatic heterocycles. The number of rotatable bonds is 13. The van der Waals surface area contributed by atoms with E-state index in [1.807, 2.05) is 0 Å². The van der Waals surface area contributed by atoms with Crippen molar-refractivity contribution in [1.29, 1.82) is 0 Å². The zero-order chi connectivity index (χ0) is 41.4. The van der Waals surface area contributed by atoms with E-state index in [0.29, 0.717) is 54.3 Å². The molecule has 0 aliphatic carbocycles. The summed E-state index contributed by atoms with van der Waals surface area (Å²) in [5, 5.41) is 10.2. The molecule has 16 nitrogen and oxygen atoms in total. The fourth-order valence-corrected chi connectivity index (χ4v) is 7.30. The molecule has 0 unspecified atom stereocenters. The molecule has 0 spiro atoms. The number of Topliss-reactive ketones (excluding diaryl/α,β-unsaturated/α-hetero) is 2. The van der Waals surface area contributed by atoms with Crippen LogP contribution in [0.15, 0.2) is 34.9 Å². The first kappa shape index (κ1) is 43.8. The number of hydrogen-bond acceptors (Lipinski definition) is 12. The van der Waals surface area contributed by atoms with E-state index >= 15 is 0 Å². The zero-order valence-electron chi connectivity index (χ0n) is 33.1. The number of guanidine groups is 1. The van der Waals surface area contributed by atoms with E-state index in [1.165, 1.54) is 25.3 Å². The first-order chi connectivity index (χ1) is 26.2. The van der Waals surface area contributed by atoms with Crippen LogP contribution in [0.2, 0.25) is 5.02 Å². The molecule has 4 heterocycles. The summed E-state index contributed by atoms with van der Waals surface area (Å²) in [7, 11) is 1.50. The van der Waals surface area contributed by atoms with Gasteiger partial charge < -0.3 is 28.9 Å². The summed E-state index contributed by atoms with van der Waals surface area (Å²) in [4.78, 5) is 92.2. The minimum atomic E-state index is -0.809. The van der Waals surface area contributed by atoms with Crippen LogP contribution < -0.4 is 16.0 Å². The van der Waals surface area contributed by atoms with Gasteiger partial charge in [0.1, 0.15) is 39.0 Å². The third kappa shape index (κ3) is 13.1. The number of nitrogens with one attached hydrogen (secondary N) is 3. The number of hydrogen-bond donors (Lipinski definition) is 3. The molecule has 0 radical (unpaired) electrons. The summed E-state index contributed by atoms with van der Waals surface area (Å²) in [6.07, 6.45) is 3.68. The second kappa shape index (κ2) is 18.8. The standard InChI is InChI=1S/C38H51ClN8O8S/c1-22(48)15-23-16-28(47(18-23)33(51)26-20-46-19-25(39)12-13-30(46)42-26)32-43-27(21-56-32)29(49)17-24(31(50)40-8)11-9-10-14-41-34(44-35(52)54-37(2,3)4)45-36(53)55-38(5,6)7/h12-13,19-21,23-24,28H,9-11,14-18H2,1-8H3,(H,40,50)(H2,41,44,45,52,53)/t23-,24-,28-/m1/s1. The number of unbranched alkanes of at least 4 members (excludes halogenated alkanes) is 1. The lowest BCUT2D eigenvalue weighted by atomic mass is 9.94. The van der Waals surface area contributed by atoms with Gasteiger partial charge in [-0.2, -0.15) is 0 Å². The molecule has 4 rings (SSSR count). The maximum atomic E-state index is 13.8. The number of fused-ring (bicyclic) bond motifs is 1. The van der Waals surface area contributed by atoms with Crippen molar-refractivity contribution in [2.75, 3.05) is 20.1 Å². The number of ketones is 2. The summed E-state index contributed by atoms with van der Waals surface area (Å²) in [5.41, 5.74) is -0.586. The van der Waals surface area contributed by atoms with Crippen molar-refractivity contribution in [3.05, 3.63) is 51.3 Å². The third-order valence-electron chi connectivity index (χ3n) is 8.47. The van der Waals surface area contributed by atoms with Crippen LogP contribution in [0, 0.1) is 11.8 Å². The van der Waals surface area contributed by atoms with Crippen LogP contribution in [0.5, 0.6) is 0 Å². The minimum Gasteiger partial charge on any atom is -0.444 e. The van der Waals surface area contributed by atoms with Gasteiger partial charge >= 0.3 is 12.2 Å². The number of halogens is 1. The SMILES string of the molecule is CNC(=O)[C@H](CCCCN=C(NC(=O)OC(C)(C)C)NC(=O)OC(C)(C)C)CC(=O)c1csc([C@H]2C[C@@H](CC(C)=O)CN2C(=O)c2cn3cc(Cl)ccc3n2)n1. The second-order valence-corrected chi connectivity index (χ2v) is 17.0. The van der Waals surface area contributed by atoms with Crippen molar-refractivity contribution in [2.45, 2.75) is 104 Å². The van der Waals surface area contributed by atoms with Gasteiger partial charge in [-0.25, -0.2) is 19.6 Å². The molecule has 1 saturated heterocycles. The van der Waals surface area contributed by atoms with Gasteiger partial charge in [0, 0.05) is 56.7 Å². The number of pyridine rings is 1. The summed E-state index contributed by atoms with van der Waals surface area (Å²) in [6, 6.07) is 2.93. The van der Waals surface area contributed by atoms with Crippen LogP contribution >= 0.6 is 22.9 Å². The Balaban J connectivity index is 1.41. The molecule has 3 atom stereocenters. The molecule has 304 valence electrons. The molecule has 18 heteroatoms. The molecule has 0 aromatic carbocycles. The summed E-state index contributed by atoms with van der Waals surface area (Å²) in [6.45, 7) is 12.2. The number of amides is 4. The highest BCUT2D eigenvalue weighted by molar-refractivity contribution is 7.10. The molecule has 0 bridgehead atoms. The average Bonchev–Trinajstić information content (AvgIpc) is 3.83. The predicted octanol–water partition coefficient (Wildman–Crippen LogP) is 6.14. The third-order valence-corrected chi connectivity index (χ3v) is 9.64. The molecule has 1 aliphatic heterocycles. The van der Waals surface area contributed by atoms with Gasteiger partial charge in [0.05, 0.1) is 11.1 Å². The zero-order valence-corrected chi connectivity index (χ0v) is 34.6. The smallest absolute Gasteiger partial charge is 0.414 e. The minimum absolute atomic E-state index is 0.0165. The van der Waals surface area contributed by atoms with E-state index in [4.69, 9.17) is 21.1 Å². The van der Waals surface area contributed by atoms with E-state index in [1.54, 1.807) is 80.7 Å². The largest absolute Gasteiger partial charge is 0.444 e. The van der Waals surface area contributed by atoms with Crippen molar-refractivity contribution in [1.82, 2.24) is 35.2 Å². The van der Waals surface area contributed by atoms with Crippen molar-refractivity contribution >= 4 is 70.1 Å². The van der Waals surface area contributed by atoms with E-state index in [2.05, 4.69) is 30.9 Å². The van der Waals surface area contributed by atoms with Crippen LogP contribution in [0.1, 0.15) is 119 Å². The quantitative estimate of drug-likeness (QED) is 0.0779. The van der Waals surface area contributed by atoms with Crippen molar-refractivity contribution < 1.29 is 38.2 Å². The monoisotopic (exact) mass is 814 g/mol. The molecule has 1 aliphatic rings. The Morgan fingerprint density at radius 1 is 0.964 bits per heavy atom. The number of carbonyl (C=O) groups excluding carboxylic acids is 6. The number of alkyl carbamates (subject to hydrolysis) is 2. The topological polar surface area (TPSA) is 203 Å². The summed E-state index contributed by atoms with van der Waals surface area (Å²) in [5.74, 6) is -1.82. The number of imidazole rings is 1. The van der Waals surface area contributed by atoms with Gasteiger partial charge in [-0.3, -0.25) is 30.0 Å². The first-order valence-electron chi connectivity index (χ1n) is 18.4. The second-order valence-electron chi connectivity index (χ2n) is 15.7. The summed E-state index contributed by atoms with van der Waals surface area (Å²) < 4.78 is 12.2. The predicted molar refractivity (Wildman–Crippen MR) is 211 cm³/mol. The normalized spacial score (nSPS) is 16.2. The Labute approximate surface area is 335 Å². The Bertz CT molecular complexity index is 1930. The Morgan fingerprint density at radius 3 is 2.23 bits per heavy atom. The molecule has 4 amide bonds. The highest BCUT2D eigenvalue weighted by Crippen LogP contribution is 2.39. The molecule has 3 N–H and O–H groups in total. The van der Waals surface area contributed by atoms with E-state index in [0.717, 1.165) is 0 Å². The van der Waals surface area contributed by atoms with E-state index in [9.17, 15) is 28.8 Å². The molecule has 1 fully saturated rings. The van der Waals surface area contributed by atoms with Crippen LogP contribution in [-0.2, 0) is 19.1 Å². The molecule has 3 aromatic rings. The van der Waals surface area contributed by atoms with Gasteiger partial charge in [-0.1, -0.05) is 18.0 Å². The van der Waals surface area contributed by atoms with Gasteiger partial charge in [0.15, 0.2) is 5.78 Å². The lowest BCUT2D eigenvalue weighted by Gasteiger charge is -2.22. The number of nitrogens with zero attached hydrogens (tertiary/aromatic N) is 5. The van der Waals surface area contributed by atoms with Gasteiger partial charge in [-0.05, 0) is 85.8 Å². The Kier molecular flexibility index (Phi) is 14.7. The van der Waals surface area contributed by atoms with Gasteiger partial charge in [-0.15, -0.1) is 11.3 Å². The molecular weight excluding hydrogens is 764 g/mol. The number of thiazole rings is 1. The molecule has 56 heavy (non-hydrogen) atoms. The number of carbonyl (C=O) groups is 6. The van der Waals surface area contributed by atoms with Gasteiger partial charge in [0.25, 0.3) is 5.91 Å². The van der Waals surface area contributed by atoms with Crippen molar-refractivity contribution in [3.63, 3.8) is 0 Å². The molecule has 0 saturated carbocycles. The lowest BCUT2D eigenvalue weighted by Crippen LogP contribution is -2.47. The first-order valence-corrected chi connectivity index (χ1v) is 19.7.